The molecule has 1 atom stereocenters. The Labute approximate surface area is 140 Å². The Hall–Kier alpha value is -2.17. The number of carbonyl (C=O) groups excluding carboxylic acids is 1. The fourth-order valence-electron chi connectivity index (χ4n) is 3.37. The molecule has 1 aromatic heterocycles. The number of alkyl halides is 3. The number of aromatic nitrogens is 1. The fourth-order valence-corrected chi connectivity index (χ4v) is 5.68. The number of carboxylic acids is 1. The van der Waals surface area contributed by atoms with Gasteiger partial charge in [-0.3, -0.25) is 14.6 Å². The van der Waals surface area contributed by atoms with Gasteiger partial charge in [0.25, 0.3) is 5.91 Å². The summed E-state index contributed by atoms with van der Waals surface area (Å²) in [5, 5.41) is 9.21. The maximum absolute atomic E-state index is 12.7. The van der Waals surface area contributed by atoms with E-state index in [1.165, 1.54) is 0 Å². The molecule has 0 bridgehead atoms. The summed E-state index contributed by atoms with van der Waals surface area (Å²) in [5.41, 5.74) is -1.51. The Balaban J connectivity index is 1.83. The second-order valence-corrected chi connectivity index (χ2v) is 8.60. The van der Waals surface area contributed by atoms with Crippen LogP contribution in [0.15, 0.2) is 18.3 Å². The second-order valence-electron chi connectivity index (χ2n) is 6.15. The van der Waals surface area contributed by atoms with Crippen LogP contribution in [0.5, 0.6) is 0 Å². The third-order valence-electron chi connectivity index (χ3n) is 4.73. The maximum Gasteiger partial charge on any atom is 0.433 e. The van der Waals surface area contributed by atoms with Gasteiger partial charge in [0.2, 0.25) is 0 Å². The predicted molar refractivity (Wildman–Crippen MR) is 77.4 cm³/mol. The minimum Gasteiger partial charge on any atom is -0.481 e. The monoisotopic (exact) mass is 378 g/mol. The zero-order valence-corrected chi connectivity index (χ0v) is 13.5. The number of rotatable bonds is 2. The topological polar surface area (TPSA) is 105 Å². The van der Waals surface area contributed by atoms with Gasteiger partial charge in [-0.05, 0) is 18.6 Å². The predicted octanol–water partition coefficient (Wildman–Crippen LogP) is 0.814. The molecule has 1 N–H and O–H groups in total. The smallest absolute Gasteiger partial charge is 0.433 e. The number of nitrogens with zero attached hydrogens (tertiary/aromatic N) is 2. The number of sulfone groups is 1. The SMILES string of the molecule is O=C(O)C1CCS(=O)(=O)C12CN(C(=O)c1ccnc(C(F)(F)F)c1)C2. The lowest BCUT2D eigenvalue weighted by molar-refractivity contribution is -0.144. The van der Waals surface area contributed by atoms with Crippen LogP contribution in [0.1, 0.15) is 22.5 Å². The summed E-state index contributed by atoms with van der Waals surface area (Å²) in [4.78, 5) is 27.8. The number of aliphatic carboxylic acids is 1. The summed E-state index contributed by atoms with van der Waals surface area (Å²) < 4.78 is 60.9. The van der Waals surface area contributed by atoms with Crippen LogP contribution in [0.3, 0.4) is 0 Å². The second kappa shape index (κ2) is 5.41. The van der Waals surface area contributed by atoms with E-state index in [1.54, 1.807) is 0 Å². The van der Waals surface area contributed by atoms with E-state index in [4.69, 9.17) is 0 Å². The Morgan fingerprint density at radius 2 is 1.96 bits per heavy atom. The van der Waals surface area contributed by atoms with E-state index in [1.807, 2.05) is 0 Å². The Kier molecular flexibility index (Phi) is 3.82. The van der Waals surface area contributed by atoms with Gasteiger partial charge in [-0.25, -0.2) is 8.42 Å². The highest BCUT2D eigenvalue weighted by Gasteiger charge is 2.65. The first kappa shape index (κ1) is 17.6. The lowest BCUT2D eigenvalue weighted by atomic mass is 9.83. The van der Waals surface area contributed by atoms with Gasteiger partial charge in [0.15, 0.2) is 9.84 Å². The van der Waals surface area contributed by atoms with Crippen molar-refractivity contribution in [1.82, 2.24) is 9.88 Å². The standard InChI is InChI=1S/C14H13F3N2O5S/c15-14(16,17)10-5-8(1-3-18-10)11(20)19-6-13(7-19)9(12(21)22)2-4-25(13,23)24/h1,3,5,9H,2,4,6-7H2,(H,21,22). The molecule has 3 rings (SSSR count). The summed E-state index contributed by atoms with van der Waals surface area (Å²) in [6.45, 7) is -0.677. The third kappa shape index (κ3) is 2.66. The highest BCUT2D eigenvalue weighted by Crippen LogP contribution is 2.45. The van der Waals surface area contributed by atoms with E-state index in [0.717, 1.165) is 17.2 Å². The summed E-state index contributed by atoms with van der Waals surface area (Å²) >= 11 is 0. The van der Waals surface area contributed by atoms with Gasteiger partial charge in [0.05, 0.1) is 11.7 Å². The quantitative estimate of drug-likeness (QED) is 0.817. The maximum atomic E-state index is 12.7. The number of hydrogen-bond donors (Lipinski definition) is 1. The fraction of sp³-hybridized carbons (Fsp3) is 0.500. The Morgan fingerprint density at radius 3 is 2.52 bits per heavy atom. The van der Waals surface area contributed by atoms with E-state index < -0.39 is 44.2 Å². The molecule has 2 fully saturated rings. The van der Waals surface area contributed by atoms with Gasteiger partial charge in [-0.15, -0.1) is 0 Å². The summed E-state index contributed by atoms with van der Waals surface area (Å²) in [7, 11) is -3.69. The van der Waals surface area contributed by atoms with Gasteiger partial charge >= 0.3 is 12.1 Å². The Morgan fingerprint density at radius 1 is 1.32 bits per heavy atom. The van der Waals surface area contributed by atoms with E-state index in [2.05, 4.69) is 4.98 Å². The first-order chi connectivity index (χ1) is 11.5. The summed E-state index contributed by atoms with van der Waals surface area (Å²) in [6, 6.07) is 1.69. The Bertz CT molecular complexity index is 846. The number of halogens is 3. The van der Waals surface area contributed by atoms with E-state index in [-0.39, 0.29) is 30.8 Å². The van der Waals surface area contributed by atoms with Crippen molar-refractivity contribution in [3.8, 4) is 0 Å². The van der Waals surface area contributed by atoms with Crippen molar-refractivity contribution in [3.63, 3.8) is 0 Å². The minimum absolute atomic E-state index is 0.0345. The number of hydrogen-bond acceptors (Lipinski definition) is 5. The molecule has 1 spiro atoms. The van der Waals surface area contributed by atoms with Crippen molar-refractivity contribution < 1.29 is 36.3 Å². The van der Waals surface area contributed by atoms with Crippen molar-refractivity contribution >= 4 is 21.7 Å². The van der Waals surface area contributed by atoms with Gasteiger partial charge < -0.3 is 10.0 Å². The first-order valence-electron chi connectivity index (χ1n) is 7.25. The highest BCUT2D eigenvalue weighted by atomic mass is 32.2. The zero-order valence-electron chi connectivity index (χ0n) is 12.7. The largest absolute Gasteiger partial charge is 0.481 e. The number of likely N-dealkylation sites (tertiary alicyclic amines) is 1. The molecule has 2 saturated heterocycles. The molecular weight excluding hydrogens is 365 g/mol. The number of amides is 1. The molecule has 2 aliphatic rings. The highest BCUT2D eigenvalue weighted by molar-refractivity contribution is 7.93. The zero-order chi connectivity index (χ0) is 18.6. The van der Waals surface area contributed by atoms with Crippen LogP contribution in [0.2, 0.25) is 0 Å². The molecule has 136 valence electrons. The average Bonchev–Trinajstić information content (AvgIpc) is 2.75. The van der Waals surface area contributed by atoms with Gasteiger partial charge in [0.1, 0.15) is 10.4 Å². The summed E-state index contributed by atoms with van der Waals surface area (Å²) in [5.74, 6) is -3.44. The van der Waals surface area contributed by atoms with Gasteiger partial charge in [-0.1, -0.05) is 0 Å². The minimum atomic E-state index is -4.71. The van der Waals surface area contributed by atoms with Crippen LogP contribution in [0, 0.1) is 5.92 Å². The van der Waals surface area contributed by atoms with Gasteiger partial charge in [-0.2, -0.15) is 13.2 Å². The molecule has 1 unspecified atom stereocenters. The molecule has 0 saturated carbocycles. The first-order valence-corrected chi connectivity index (χ1v) is 8.91. The van der Waals surface area contributed by atoms with Crippen LogP contribution in [-0.4, -0.2) is 58.9 Å². The normalized spacial score (nSPS) is 24.1. The van der Waals surface area contributed by atoms with E-state index in [9.17, 15) is 36.3 Å². The van der Waals surface area contributed by atoms with Crippen LogP contribution >= 0.6 is 0 Å². The van der Waals surface area contributed by atoms with Crippen LogP contribution < -0.4 is 0 Å². The molecule has 7 nitrogen and oxygen atoms in total. The molecule has 11 heteroatoms. The third-order valence-corrected chi connectivity index (χ3v) is 7.28. The molecule has 25 heavy (non-hydrogen) atoms. The molecule has 2 aliphatic heterocycles. The van der Waals surface area contributed by atoms with E-state index >= 15 is 0 Å². The molecular formula is C14H13F3N2O5S. The average molecular weight is 378 g/mol. The van der Waals surface area contributed by atoms with E-state index in [0.29, 0.717) is 6.07 Å². The summed E-state index contributed by atoms with van der Waals surface area (Å²) in [6.07, 6.45) is -3.90. The molecule has 3 heterocycles. The molecule has 1 aromatic rings. The van der Waals surface area contributed by atoms with Crippen LogP contribution in [0.4, 0.5) is 13.2 Å². The molecule has 0 radical (unpaired) electrons. The molecule has 1 amide bonds. The van der Waals surface area contributed by atoms with Crippen molar-refractivity contribution in [1.29, 1.82) is 0 Å². The van der Waals surface area contributed by atoms with Gasteiger partial charge in [0, 0.05) is 24.8 Å². The van der Waals surface area contributed by atoms with Crippen LogP contribution in [0.25, 0.3) is 0 Å². The van der Waals surface area contributed by atoms with Crippen LogP contribution in [-0.2, 0) is 20.8 Å². The molecule has 0 aromatic carbocycles. The van der Waals surface area contributed by atoms with Crippen molar-refractivity contribution in [3.05, 3.63) is 29.6 Å². The lowest BCUT2D eigenvalue weighted by Gasteiger charge is -2.48. The van der Waals surface area contributed by atoms with Crippen molar-refractivity contribution in [2.75, 3.05) is 18.8 Å². The van der Waals surface area contributed by atoms with Crippen molar-refractivity contribution in [2.45, 2.75) is 17.3 Å². The lowest BCUT2D eigenvalue weighted by Crippen LogP contribution is -2.69. The molecule has 0 aliphatic carbocycles. The number of carboxylic acid groups (broad SMARTS) is 1. The number of carbonyl (C=O) groups is 2. The number of pyridine rings is 1. The van der Waals surface area contributed by atoms with Crippen molar-refractivity contribution in [2.24, 2.45) is 5.92 Å².